The van der Waals surface area contributed by atoms with Crippen LogP contribution in [-0.4, -0.2) is 42.6 Å². The molecule has 0 spiro atoms. The Morgan fingerprint density at radius 2 is 2.38 bits per heavy atom. The van der Waals surface area contributed by atoms with Crippen LogP contribution in [-0.2, 0) is 0 Å². The Balaban J connectivity index is 2.30. The molecule has 0 saturated carbocycles. The van der Waals surface area contributed by atoms with Crippen LogP contribution in [0.15, 0.2) is 0 Å². The molecule has 1 rings (SSSR count). The van der Waals surface area contributed by atoms with Gasteiger partial charge < -0.3 is 10.6 Å². The SMILES string of the molecule is CC(CN)CN1CCSCC(C)C1. The predicted octanol–water partition coefficient (Wildman–Crippen LogP) is 1.27. The molecule has 0 aromatic heterocycles. The summed E-state index contributed by atoms with van der Waals surface area (Å²) >= 11 is 2.09. The smallest absolute Gasteiger partial charge is 0.00726 e. The fourth-order valence-corrected chi connectivity index (χ4v) is 2.81. The van der Waals surface area contributed by atoms with Crippen LogP contribution < -0.4 is 5.73 Å². The summed E-state index contributed by atoms with van der Waals surface area (Å²) in [5, 5.41) is 0. The first kappa shape index (κ1) is 11.3. The normalized spacial score (nSPS) is 28.4. The summed E-state index contributed by atoms with van der Waals surface area (Å²) in [5.41, 5.74) is 5.63. The molecular formula is C10H22N2S. The molecule has 0 aromatic rings. The number of nitrogens with two attached hydrogens (primary N) is 1. The Kier molecular flexibility index (Phi) is 5.14. The fraction of sp³-hybridized carbons (Fsp3) is 1.00. The minimum atomic E-state index is 0.648. The van der Waals surface area contributed by atoms with Gasteiger partial charge in [-0.3, -0.25) is 0 Å². The lowest BCUT2D eigenvalue weighted by Gasteiger charge is -2.24. The number of hydrogen-bond donors (Lipinski definition) is 1. The molecule has 0 aromatic carbocycles. The zero-order chi connectivity index (χ0) is 9.68. The fourth-order valence-electron chi connectivity index (χ4n) is 1.74. The first-order valence-electron chi connectivity index (χ1n) is 5.22. The summed E-state index contributed by atoms with van der Waals surface area (Å²) in [4.78, 5) is 2.57. The van der Waals surface area contributed by atoms with Gasteiger partial charge in [-0.1, -0.05) is 13.8 Å². The van der Waals surface area contributed by atoms with Crippen molar-refractivity contribution in [2.45, 2.75) is 13.8 Å². The summed E-state index contributed by atoms with van der Waals surface area (Å²) in [5.74, 6) is 4.11. The van der Waals surface area contributed by atoms with Crippen molar-refractivity contribution in [3.05, 3.63) is 0 Å². The molecule has 13 heavy (non-hydrogen) atoms. The van der Waals surface area contributed by atoms with Crippen molar-refractivity contribution in [2.75, 3.05) is 37.7 Å². The van der Waals surface area contributed by atoms with Gasteiger partial charge in [0.15, 0.2) is 0 Å². The molecule has 3 heteroatoms. The highest BCUT2D eigenvalue weighted by Gasteiger charge is 2.15. The Bertz CT molecular complexity index is 141. The molecule has 1 saturated heterocycles. The average molecular weight is 202 g/mol. The van der Waals surface area contributed by atoms with Crippen LogP contribution in [0.5, 0.6) is 0 Å². The summed E-state index contributed by atoms with van der Waals surface area (Å²) in [6, 6.07) is 0. The van der Waals surface area contributed by atoms with Crippen LogP contribution in [0.1, 0.15) is 13.8 Å². The van der Waals surface area contributed by atoms with E-state index < -0.39 is 0 Å². The zero-order valence-electron chi connectivity index (χ0n) is 8.83. The van der Waals surface area contributed by atoms with Crippen molar-refractivity contribution in [2.24, 2.45) is 17.6 Å². The van der Waals surface area contributed by atoms with Crippen LogP contribution in [0.2, 0.25) is 0 Å². The topological polar surface area (TPSA) is 29.3 Å². The number of rotatable bonds is 3. The van der Waals surface area contributed by atoms with Gasteiger partial charge in [-0.2, -0.15) is 11.8 Å². The molecule has 2 nitrogen and oxygen atoms in total. The Labute approximate surface area is 86.2 Å². The van der Waals surface area contributed by atoms with Gasteiger partial charge in [0.2, 0.25) is 0 Å². The first-order chi connectivity index (χ1) is 6.22. The number of nitrogens with zero attached hydrogens (tertiary/aromatic N) is 1. The summed E-state index contributed by atoms with van der Waals surface area (Å²) in [6.07, 6.45) is 0. The standard InChI is InChI=1S/C10H22N2S/c1-9(5-11)6-12-3-4-13-8-10(2)7-12/h9-10H,3-8,11H2,1-2H3. The lowest BCUT2D eigenvalue weighted by molar-refractivity contribution is 0.233. The molecule has 1 aliphatic heterocycles. The maximum Gasteiger partial charge on any atom is 0.00726 e. The van der Waals surface area contributed by atoms with Crippen LogP contribution in [0, 0.1) is 11.8 Å². The second-order valence-electron chi connectivity index (χ2n) is 4.28. The van der Waals surface area contributed by atoms with Gasteiger partial charge in [0.05, 0.1) is 0 Å². The molecular weight excluding hydrogens is 180 g/mol. The maximum absolute atomic E-state index is 5.63. The maximum atomic E-state index is 5.63. The van der Waals surface area contributed by atoms with E-state index in [0.717, 1.165) is 12.5 Å². The van der Waals surface area contributed by atoms with Gasteiger partial charge in [0, 0.05) is 25.4 Å². The van der Waals surface area contributed by atoms with Gasteiger partial charge in [-0.15, -0.1) is 0 Å². The third-order valence-corrected chi connectivity index (χ3v) is 3.77. The molecule has 2 unspecified atom stereocenters. The van der Waals surface area contributed by atoms with E-state index >= 15 is 0 Å². The highest BCUT2D eigenvalue weighted by molar-refractivity contribution is 7.99. The van der Waals surface area contributed by atoms with Crippen LogP contribution in [0.4, 0.5) is 0 Å². The van der Waals surface area contributed by atoms with E-state index in [2.05, 4.69) is 30.5 Å². The molecule has 78 valence electrons. The van der Waals surface area contributed by atoms with Crippen molar-refractivity contribution in [1.82, 2.24) is 4.90 Å². The number of hydrogen-bond acceptors (Lipinski definition) is 3. The lowest BCUT2D eigenvalue weighted by atomic mass is 10.1. The minimum absolute atomic E-state index is 0.648. The summed E-state index contributed by atoms with van der Waals surface area (Å²) in [6.45, 7) is 9.09. The van der Waals surface area contributed by atoms with Crippen molar-refractivity contribution in [1.29, 1.82) is 0 Å². The average Bonchev–Trinajstić information content (AvgIpc) is 2.30. The Hall–Kier alpha value is 0.270. The van der Waals surface area contributed by atoms with Crippen LogP contribution in [0.25, 0.3) is 0 Å². The van der Waals surface area contributed by atoms with Crippen molar-refractivity contribution in [3.8, 4) is 0 Å². The number of thioether (sulfide) groups is 1. The van der Waals surface area contributed by atoms with Gasteiger partial charge in [-0.05, 0) is 24.1 Å². The van der Waals surface area contributed by atoms with Crippen molar-refractivity contribution in [3.63, 3.8) is 0 Å². The predicted molar refractivity (Wildman–Crippen MR) is 61.1 cm³/mol. The van der Waals surface area contributed by atoms with Gasteiger partial charge in [0.25, 0.3) is 0 Å². The van der Waals surface area contributed by atoms with Crippen molar-refractivity contribution >= 4 is 11.8 Å². The lowest BCUT2D eigenvalue weighted by Crippen LogP contribution is -2.35. The van der Waals surface area contributed by atoms with E-state index in [9.17, 15) is 0 Å². The van der Waals surface area contributed by atoms with E-state index in [-0.39, 0.29) is 0 Å². The van der Waals surface area contributed by atoms with E-state index in [1.165, 1.54) is 31.1 Å². The molecule has 2 N–H and O–H groups in total. The Morgan fingerprint density at radius 1 is 1.62 bits per heavy atom. The molecule has 1 aliphatic rings. The summed E-state index contributed by atoms with van der Waals surface area (Å²) in [7, 11) is 0. The van der Waals surface area contributed by atoms with E-state index in [1.807, 2.05) is 0 Å². The first-order valence-corrected chi connectivity index (χ1v) is 6.38. The van der Waals surface area contributed by atoms with E-state index in [4.69, 9.17) is 5.73 Å². The van der Waals surface area contributed by atoms with Crippen LogP contribution in [0.3, 0.4) is 0 Å². The molecule has 0 radical (unpaired) electrons. The zero-order valence-corrected chi connectivity index (χ0v) is 9.65. The monoisotopic (exact) mass is 202 g/mol. The molecule has 0 bridgehead atoms. The van der Waals surface area contributed by atoms with Gasteiger partial charge in [0.1, 0.15) is 0 Å². The molecule has 2 atom stereocenters. The van der Waals surface area contributed by atoms with Gasteiger partial charge >= 0.3 is 0 Å². The highest BCUT2D eigenvalue weighted by Crippen LogP contribution is 2.15. The molecule has 0 amide bonds. The largest absolute Gasteiger partial charge is 0.330 e. The molecule has 1 heterocycles. The highest BCUT2D eigenvalue weighted by atomic mass is 32.2. The summed E-state index contributed by atoms with van der Waals surface area (Å²) < 4.78 is 0. The van der Waals surface area contributed by atoms with E-state index in [1.54, 1.807) is 0 Å². The molecule has 1 fully saturated rings. The van der Waals surface area contributed by atoms with E-state index in [0.29, 0.717) is 5.92 Å². The molecule has 0 aliphatic carbocycles. The second-order valence-corrected chi connectivity index (χ2v) is 5.43. The third-order valence-electron chi connectivity index (χ3n) is 2.50. The van der Waals surface area contributed by atoms with Crippen molar-refractivity contribution < 1.29 is 0 Å². The third kappa shape index (κ3) is 4.34. The van der Waals surface area contributed by atoms with Crippen LogP contribution >= 0.6 is 11.8 Å². The minimum Gasteiger partial charge on any atom is -0.330 e. The quantitative estimate of drug-likeness (QED) is 0.747. The second kappa shape index (κ2) is 5.89. The van der Waals surface area contributed by atoms with Gasteiger partial charge in [-0.25, -0.2) is 0 Å². The Morgan fingerprint density at radius 3 is 3.08 bits per heavy atom.